The molecule has 1 atom stereocenters. The molecule has 4 aromatic heterocycles. The molecule has 0 saturated carbocycles. The molecule has 0 spiro atoms. The van der Waals surface area contributed by atoms with Crippen molar-refractivity contribution < 1.29 is 4.79 Å². The number of hydrogen-bond acceptors (Lipinski definition) is 5. The Balaban J connectivity index is 1.38. The Morgan fingerprint density at radius 2 is 1.92 bits per heavy atom. The van der Waals surface area contributed by atoms with Crippen LogP contribution in [0.25, 0.3) is 22.2 Å². The van der Waals surface area contributed by atoms with Crippen molar-refractivity contribution in [1.82, 2.24) is 24.8 Å². The van der Waals surface area contributed by atoms with Crippen LogP contribution in [-0.4, -0.2) is 30.7 Å². The van der Waals surface area contributed by atoms with E-state index in [-0.39, 0.29) is 11.9 Å². The van der Waals surface area contributed by atoms with Crippen molar-refractivity contribution in [1.29, 1.82) is 0 Å². The Hall–Kier alpha value is -3.94. The highest BCUT2D eigenvalue weighted by atomic mass is 35.5. The molecule has 1 unspecified atom stereocenters. The Morgan fingerprint density at radius 1 is 1.10 bits per heavy atom. The topological polar surface area (TPSA) is 101 Å². The number of H-pyrrole nitrogens is 1. The van der Waals surface area contributed by atoms with E-state index in [1.165, 1.54) is 5.56 Å². The summed E-state index contributed by atoms with van der Waals surface area (Å²) < 4.78 is 0. The molecule has 3 N–H and O–H groups in total. The molecule has 1 aromatic carbocycles. The lowest BCUT2D eigenvalue weighted by Crippen LogP contribution is -2.37. The number of carbonyl (C=O) groups excluding carboxylic acids is 1. The summed E-state index contributed by atoms with van der Waals surface area (Å²) in [6.45, 7) is 2.20. The van der Waals surface area contributed by atoms with Crippen molar-refractivity contribution in [2.45, 2.75) is 38.8 Å². The normalized spacial score (nSPS) is 14.8. The number of nitrogen functional groups attached to an aromatic ring is 1. The molecule has 39 heavy (non-hydrogen) atoms. The maximum Gasteiger partial charge on any atom is 0.271 e. The minimum atomic E-state index is -0.187. The first-order valence-electron chi connectivity index (χ1n) is 12.8. The van der Waals surface area contributed by atoms with Gasteiger partial charge in [-0.05, 0) is 73.7 Å². The van der Waals surface area contributed by atoms with Crippen molar-refractivity contribution >= 4 is 46.0 Å². The van der Waals surface area contributed by atoms with Gasteiger partial charge in [0.25, 0.3) is 5.91 Å². The fourth-order valence-electron chi connectivity index (χ4n) is 5.27. The van der Waals surface area contributed by atoms with E-state index in [2.05, 4.69) is 16.0 Å². The number of nitrogens with zero attached hydrogens (tertiary/aromatic N) is 4. The van der Waals surface area contributed by atoms with Gasteiger partial charge in [0.15, 0.2) is 0 Å². The standard InChI is InChI=1S/C30H26Cl2N6O/c1-17-13-23-24(37-29(17)33)14-25(36-23)30(39)38(26-9-2-5-18-6-4-12-34-28(18)26)16-20-11-10-19(15-35-20)27-21(31)7-3-8-22(27)32/h3-4,6-8,10-15,26,36H,2,5,9,16H2,1H3,(H2,33,37). The maximum atomic E-state index is 14.1. The van der Waals surface area contributed by atoms with E-state index in [9.17, 15) is 4.79 Å². The average molecular weight is 557 g/mol. The number of rotatable bonds is 5. The summed E-state index contributed by atoms with van der Waals surface area (Å²) >= 11 is 12.8. The lowest BCUT2D eigenvalue weighted by Gasteiger charge is -2.34. The van der Waals surface area contributed by atoms with Crippen molar-refractivity contribution in [3.63, 3.8) is 0 Å². The van der Waals surface area contributed by atoms with Crippen molar-refractivity contribution in [3.8, 4) is 11.1 Å². The number of aromatic nitrogens is 4. The zero-order chi connectivity index (χ0) is 27.1. The van der Waals surface area contributed by atoms with Crippen molar-refractivity contribution in [2.24, 2.45) is 0 Å². The minimum absolute atomic E-state index is 0.146. The van der Waals surface area contributed by atoms with Gasteiger partial charge in [0.05, 0.1) is 35.0 Å². The first-order chi connectivity index (χ1) is 18.9. The molecule has 5 aromatic rings. The van der Waals surface area contributed by atoms with Gasteiger partial charge in [0, 0.05) is 33.6 Å². The number of anilines is 1. The van der Waals surface area contributed by atoms with Crippen LogP contribution < -0.4 is 5.73 Å². The molecular formula is C30H26Cl2N6O. The molecule has 1 aliphatic carbocycles. The number of benzene rings is 1. The number of amides is 1. The number of aryl methyl sites for hydroxylation is 2. The Kier molecular flexibility index (Phi) is 6.71. The van der Waals surface area contributed by atoms with Crippen LogP contribution in [0.2, 0.25) is 10.0 Å². The van der Waals surface area contributed by atoms with Crippen LogP contribution in [0.5, 0.6) is 0 Å². The summed E-state index contributed by atoms with van der Waals surface area (Å²) in [7, 11) is 0. The molecule has 196 valence electrons. The van der Waals surface area contributed by atoms with Crippen LogP contribution in [0.15, 0.2) is 67.0 Å². The van der Waals surface area contributed by atoms with Gasteiger partial charge in [-0.15, -0.1) is 0 Å². The second kappa shape index (κ2) is 10.3. The van der Waals surface area contributed by atoms with Gasteiger partial charge in [-0.2, -0.15) is 0 Å². The van der Waals surface area contributed by atoms with Gasteiger partial charge in [0.1, 0.15) is 11.5 Å². The number of hydrogen-bond donors (Lipinski definition) is 2. The van der Waals surface area contributed by atoms with Crippen molar-refractivity contribution in [2.75, 3.05) is 5.73 Å². The zero-order valence-corrected chi connectivity index (χ0v) is 22.8. The molecule has 4 heterocycles. The third-order valence-corrected chi connectivity index (χ3v) is 7.90. The molecule has 1 aliphatic rings. The molecule has 7 nitrogen and oxygen atoms in total. The summed E-state index contributed by atoms with van der Waals surface area (Å²) in [5, 5.41) is 1.11. The Morgan fingerprint density at radius 3 is 2.69 bits per heavy atom. The molecule has 0 saturated heterocycles. The number of halogens is 2. The summed E-state index contributed by atoms with van der Waals surface area (Å²) in [4.78, 5) is 33.1. The fourth-order valence-corrected chi connectivity index (χ4v) is 5.88. The first-order valence-corrected chi connectivity index (χ1v) is 13.5. The van der Waals surface area contributed by atoms with Crippen LogP contribution >= 0.6 is 23.2 Å². The first kappa shape index (κ1) is 25.3. The van der Waals surface area contributed by atoms with E-state index < -0.39 is 0 Å². The van der Waals surface area contributed by atoms with E-state index in [1.807, 2.05) is 42.2 Å². The molecule has 9 heteroatoms. The molecule has 1 amide bonds. The van der Waals surface area contributed by atoms with E-state index >= 15 is 0 Å². The lowest BCUT2D eigenvalue weighted by molar-refractivity contribution is 0.0624. The fraction of sp³-hybridized carbons (Fsp3) is 0.200. The quantitative estimate of drug-likeness (QED) is 0.244. The number of aromatic amines is 1. The van der Waals surface area contributed by atoms with Crippen molar-refractivity contribution in [3.05, 3.63) is 105 Å². The molecular weight excluding hydrogens is 531 g/mol. The predicted molar refractivity (Wildman–Crippen MR) is 155 cm³/mol. The zero-order valence-electron chi connectivity index (χ0n) is 21.3. The SMILES string of the molecule is Cc1cc2[nH]c(C(=O)N(Cc3ccc(-c4c(Cl)cccc4Cl)cn3)C3CCCc4cccnc43)cc2nc1N. The molecule has 0 bridgehead atoms. The highest BCUT2D eigenvalue weighted by Crippen LogP contribution is 2.36. The van der Waals surface area contributed by atoms with Crippen LogP contribution in [-0.2, 0) is 13.0 Å². The van der Waals surface area contributed by atoms with Gasteiger partial charge in [-0.3, -0.25) is 14.8 Å². The Labute approximate surface area is 236 Å². The van der Waals surface area contributed by atoms with Crippen LogP contribution in [0.3, 0.4) is 0 Å². The number of nitrogens with two attached hydrogens (primary N) is 1. The second-order valence-corrected chi connectivity index (χ2v) is 10.6. The van der Waals surface area contributed by atoms with E-state index in [0.717, 1.165) is 52.9 Å². The van der Waals surface area contributed by atoms with Crippen LogP contribution in [0.1, 0.15) is 51.9 Å². The maximum absolute atomic E-state index is 14.1. The van der Waals surface area contributed by atoms with Gasteiger partial charge >= 0.3 is 0 Å². The molecule has 6 rings (SSSR count). The van der Waals surface area contributed by atoms with Gasteiger partial charge in [-0.25, -0.2) is 4.98 Å². The Bertz CT molecular complexity index is 1640. The van der Waals surface area contributed by atoms with Gasteiger partial charge in [-0.1, -0.05) is 41.4 Å². The van der Waals surface area contributed by atoms with E-state index in [1.54, 1.807) is 30.6 Å². The minimum Gasteiger partial charge on any atom is -0.383 e. The molecule has 0 fully saturated rings. The summed E-state index contributed by atoms with van der Waals surface area (Å²) in [6, 6.07) is 16.8. The highest BCUT2D eigenvalue weighted by Gasteiger charge is 2.32. The van der Waals surface area contributed by atoms with Crippen LogP contribution in [0.4, 0.5) is 5.82 Å². The smallest absolute Gasteiger partial charge is 0.271 e. The third kappa shape index (κ3) is 4.84. The summed E-state index contributed by atoms with van der Waals surface area (Å²) in [5.41, 5.74) is 13.1. The largest absolute Gasteiger partial charge is 0.383 e. The molecule has 0 radical (unpaired) electrons. The van der Waals surface area contributed by atoms with Crippen LogP contribution in [0, 0.1) is 6.92 Å². The highest BCUT2D eigenvalue weighted by molar-refractivity contribution is 6.39. The monoisotopic (exact) mass is 556 g/mol. The third-order valence-electron chi connectivity index (χ3n) is 7.27. The summed E-state index contributed by atoms with van der Waals surface area (Å²) in [5.74, 6) is 0.304. The van der Waals surface area contributed by atoms with Gasteiger partial charge < -0.3 is 15.6 Å². The lowest BCUT2D eigenvalue weighted by atomic mass is 9.90. The van der Waals surface area contributed by atoms with E-state index in [0.29, 0.717) is 33.6 Å². The number of fused-ring (bicyclic) bond motifs is 2. The summed E-state index contributed by atoms with van der Waals surface area (Å²) in [6.07, 6.45) is 6.26. The second-order valence-electron chi connectivity index (χ2n) is 9.83. The number of nitrogens with one attached hydrogen (secondary N) is 1. The molecule has 0 aliphatic heterocycles. The van der Waals surface area contributed by atoms with Gasteiger partial charge in [0.2, 0.25) is 0 Å². The van der Waals surface area contributed by atoms with E-state index in [4.69, 9.17) is 38.9 Å². The number of pyridine rings is 3. The average Bonchev–Trinajstić information content (AvgIpc) is 3.34. The number of carbonyl (C=O) groups is 1. The predicted octanol–water partition coefficient (Wildman–Crippen LogP) is 6.94.